The molecule has 1 heterocycles. The summed E-state index contributed by atoms with van der Waals surface area (Å²) in [6.07, 6.45) is 28.1. The summed E-state index contributed by atoms with van der Waals surface area (Å²) in [6, 6.07) is 0. The van der Waals surface area contributed by atoms with Crippen molar-refractivity contribution < 1.29 is 5.11 Å². The zero-order valence-electron chi connectivity index (χ0n) is 16.6. The molecule has 0 radical (unpaired) electrons. The van der Waals surface area contributed by atoms with Gasteiger partial charge in [0.15, 0.2) is 0 Å². The predicted octanol–water partition coefficient (Wildman–Crippen LogP) is 5.72. The Kier molecular flexibility index (Phi) is 14.6. The summed E-state index contributed by atoms with van der Waals surface area (Å²) in [6.45, 7) is 3.22. The van der Waals surface area contributed by atoms with Crippen LogP contribution in [-0.4, -0.2) is 29.3 Å². The highest BCUT2D eigenvalue weighted by Crippen LogP contribution is 2.13. The van der Waals surface area contributed by atoms with E-state index in [0.29, 0.717) is 6.17 Å². The highest BCUT2D eigenvalue weighted by molar-refractivity contribution is 4.95. The Morgan fingerprint density at radius 3 is 2.12 bits per heavy atom. The lowest BCUT2D eigenvalue weighted by molar-refractivity contribution is 0.196. The Bertz CT molecular complexity index is 341. The smallest absolute Gasteiger partial charge is 0.0985 e. The van der Waals surface area contributed by atoms with Crippen LogP contribution in [0.3, 0.4) is 0 Å². The minimum Gasteiger partial charge on any atom is -0.395 e. The summed E-state index contributed by atoms with van der Waals surface area (Å²) in [7, 11) is 0. The average Bonchev–Trinajstić information content (AvgIpc) is 3.06. The third-order valence-electron chi connectivity index (χ3n) is 5.06. The Morgan fingerprint density at radius 2 is 1.48 bits per heavy atom. The Hall–Kier alpha value is -0.960. The van der Waals surface area contributed by atoms with Gasteiger partial charge in [-0.05, 0) is 25.7 Å². The number of hydrogen-bond donors (Lipinski definition) is 2. The molecule has 0 fully saturated rings. The monoisotopic (exact) mass is 350 g/mol. The van der Waals surface area contributed by atoms with Crippen LogP contribution in [0.2, 0.25) is 0 Å². The number of hydrogen-bond acceptors (Lipinski definition) is 3. The zero-order valence-corrected chi connectivity index (χ0v) is 16.6. The van der Waals surface area contributed by atoms with E-state index in [0.717, 1.165) is 19.4 Å². The molecule has 0 saturated heterocycles. The van der Waals surface area contributed by atoms with Crippen LogP contribution in [0.15, 0.2) is 24.6 Å². The van der Waals surface area contributed by atoms with Gasteiger partial charge in [0.25, 0.3) is 0 Å². The van der Waals surface area contributed by atoms with Gasteiger partial charge < -0.3 is 15.3 Å². The molecule has 146 valence electrons. The molecule has 0 saturated carbocycles. The standard InChI is InChI=1S/C22H42N2O/c1-2-3-4-5-6-7-8-9-10-11-12-13-14-15-16-17-22-23-18-19-24(22)20-21-25/h14-15,18-19,22-23,25H,2-13,16-17,20-21H2,1H3/b15-14+. The molecule has 1 aliphatic rings. The van der Waals surface area contributed by atoms with Crippen molar-refractivity contribution in [3.8, 4) is 0 Å². The number of rotatable bonds is 17. The van der Waals surface area contributed by atoms with E-state index < -0.39 is 0 Å². The molecule has 1 aliphatic heterocycles. The first-order valence-corrected chi connectivity index (χ1v) is 10.8. The molecule has 0 aromatic heterocycles. The van der Waals surface area contributed by atoms with E-state index in [-0.39, 0.29) is 6.61 Å². The van der Waals surface area contributed by atoms with E-state index in [2.05, 4.69) is 29.3 Å². The van der Waals surface area contributed by atoms with Gasteiger partial charge in [-0.25, -0.2) is 0 Å². The first kappa shape index (κ1) is 22.1. The minimum atomic E-state index is 0.219. The number of unbranched alkanes of at least 4 members (excludes halogenated alkanes) is 11. The van der Waals surface area contributed by atoms with Crippen LogP contribution in [-0.2, 0) is 0 Å². The van der Waals surface area contributed by atoms with Crippen molar-refractivity contribution in [1.29, 1.82) is 0 Å². The minimum absolute atomic E-state index is 0.219. The lowest BCUT2D eigenvalue weighted by Crippen LogP contribution is -2.36. The third-order valence-corrected chi connectivity index (χ3v) is 5.06. The summed E-state index contributed by atoms with van der Waals surface area (Å²) in [5, 5.41) is 12.4. The molecule has 1 rings (SSSR count). The van der Waals surface area contributed by atoms with E-state index >= 15 is 0 Å². The normalized spacial score (nSPS) is 16.9. The van der Waals surface area contributed by atoms with Gasteiger partial charge in [0.05, 0.1) is 12.8 Å². The van der Waals surface area contributed by atoms with Crippen LogP contribution in [0.4, 0.5) is 0 Å². The van der Waals surface area contributed by atoms with Crippen molar-refractivity contribution in [2.24, 2.45) is 0 Å². The second-order valence-electron chi connectivity index (χ2n) is 7.33. The molecule has 3 nitrogen and oxygen atoms in total. The molecule has 0 aromatic rings. The lowest BCUT2D eigenvalue weighted by atomic mass is 10.1. The largest absolute Gasteiger partial charge is 0.395 e. The number of aliphatic hydroxyl groups is 1. The zero-order chi connectivity index (χ0) is 18.0. The van der Waals surface area contributed by atoms with E-state index in [1.54, 1.807) is 0 Å². The van der Waals surface area contributed by atoms with Crippen molar-refractivity contribution in [2.75, 3.05) is 13.2 Å². The highest BCUT2D eigenvalue weighted by Gasteiger charge is 2.16. The molecular formula is C22H42N2O. The number of allylic oxidation sites excluding steroid dienone is 2. The molecule has 2 N–H and O–H groups in total. The van der Waals surface area contributed by atoms with Crippen molar-refractivity contribution in [2.45, 2.75) is 103 Å². The van der Waals surface area contributed by atoms with Crippen LogP contribution in [0, 0.1) is 0 Å². The van der Waals surface area contributed by atoms with Crippen LogP contribution in [0.5, 0.6) is 0 Å². The summed E-state index contributed by atoms with van der Waals surface area (Å²) < 4.78 is 0. The van der Waals surface area contributed by atoms with Crippen LogP contribution >= 0.6 is 0 Å². The summed E-state index contributed by atoms with van der Waals surface area (Å²) in [5.41, 5.74) is 0. The topological polar surface area (TPSA) is 35.5 Å². The molecule has 0 amide bonds. The third kappa shape index (κ3) is 12.1. The quantitative estimate of drug-likeness (QED) is 0.260. The Morgan fingerprint density at radius 1 is 0.880 bits per heavy atom. The fourth-order valence-corrected chi connectivity index (χ4v) is 3.46. The maximum atomic E-state index is 9.03. The number of nitrogens with one attached hydrogen (secondary N) is 1. The van der Waals surface area contributed by atoms with Gasteiger partial charge in [-0.15, -0.1) is 0 Å². The summed E-state index contributed by atoms with van der Waals surface area (Å²) >= 11 is 0. The highest BCUT2D eigenvalue weighted by atomic mass is 16.3. The van der Waals surface area contributed by atoms with Crippen molar-refractivity contribution >= 4 is 0 Å². The fraction of sp³-hybridized carbons (Fsp3) is 0.818. The maximum absolute atomic E-state index is 9.03. The number of nitrogens with zero attached hydrogens (tertiary/aromatic N) is 1. The fourth-order valence-electron chi connectivity index (χ4n) is 3.46. The van der Waals surface area contributed by atoms with Gasteiger partial charge >= 0.3 is 0 Å². The van der Waals surface area contributed by atoms with Crippen LogP contribution in [0.25, 0.3) is 0 Å². The van der Waals surface area contributed by atoms with Gasteiger partial charge in [0, 0.05) is 18.9 Å². The number of aliphatic hydroxyl groups excluding tert-OH is 1. The summed E-state index contributed by atoms with van der Waals surface area (Å²) in [5.74, 6) is 0. The Labute approximate surface area is 156 Å². The van der Waals surface area contributed by atoms with Gasteiger partial charge in [-0.2, -0.15) is 0 Å². The molecule has 0 spiro atoms. The molecule has 1 atom stereocenters. The Balaban J connectivity index is 1.81. The van der Waals surface area contributed by atoms with E-state index in [9.17, 15) is 0 Å². The lowest BCUT2D eigenvalue weighted by Gasteiger charge is -2.24. The molecule has 0 aromatic carbocycles. The average molecular weight is 351 g/mol. The van der Waals surface area contributed by atoms with E-state index in [4.69, 9.17) is 5.11 Å². The first-order valence-electron chi connectivity index (χ1n) is 10.8. The summed E-state index contributed by atoms with van der Waals surface area (Å²) in [4.78, 5) is 2.18. The molecule has 1 unspecified atom stereocenters. The van der Waals surface area contributed by atoms with E-state index in [1.165, 1.54) is 77.0 Å². The van der Waals surface area contributed by atoms with Crippen LogP contribution < -0.4 is 5.32 Å². The van der Waals surface area contributed by atoms with Gasteiger partial charge in [-0.3, -0.25) is 0 Å². The second kappa shape index (κ2) is 16.5. The molecule has 25 heavy (non-hydrogen) atoms. The predicted molar refractivity (Wildman–Crippen MR) is 109 cm³/mol. The van der Waals surface area contributed by atoms with E-state index in [1.807, 2.05) is 12.4 Å². The van der Waals surface area contributed by atoms with Gasteiger partial charge in [-0.1, -0.05) is 83.3 Å². The SMILES string of the molecule is CCCCCCCCCCCCC/C=C/CCC1NC=CN1CCO. The molecule has 0 bridgehead atoms. The first-order chi connectivity index (χ1) is 12.4. The maximum Gasteiger partial charge on any atom is 0.0985 e. The van der Waals surface area contributed by atoms with Crippen molar-refractivity contribution in [3.63, 3.8) is 0 Å². The van der Waals surface area contributed by atoms with Crippen LogP contribution in [0.1, 0.15) is 96.8 Å². The number of β-amino-alcohol motifs (C(OH)–C–C–N with tert-alkyl or cyclic N) is 1. The van der Waals surface area contributed by atoms with Crippen molar-refractivity contribution in [3.05, 3.63) is 24.6 Å². The second-order valence-corrected chi connectivity index (χ2v) is 7.33. The van der Waals surface area contributed by atoms with Gasteiger partial charge in [0.1, 0.15) is 0 Å². The molecule has 0 aliphatic carbocycles. The van der Waals surface area contributed by atoms with Crippen molar-refractivity contribution in [1.82, 2.24) is 10.2 Å². The molecule has 3 heteroatoms. The molecular weight excluding hydrogens is 308 g/mol. The van der Waals surface area contributed by atoms with Gasteiger partial charge in [0.2, 0.25) is 0 Å².